The summed E-state index contributed by atoms with van der Waals surface area (Å²) in [5.74, 6) is 1.02. The summed E-state index contributed by atoms with van der Waals surface area (Å²) in [6, 6.07) is 7.37. The number of rotatable bonds is 8. The highest BCUT2D eigenvalue weighted by Gasteiger charge is 2.23. The molecule has 3 rings (SSSR count). The van der Waals surface area contributed by atoms with Gasteiger partial charge in [-0.25, -0.2) is 0 Å². The predicted octanol–water partition coefficient (Wildman–Crippen LogP) is 2.38. The molecule has 1 saturated heterocycles. The second-order valence-electron chi connectivity index (χ2n) is 7.55. The van der Waals surface area contributed by atoms with Crippen LogP contribution in [-0.2, 0) is 16.0 Å². The van der Waals surface area contributed by atoms with Crippen molar-refractivity contribution in [1.29, 1.82) is 0 Å². The van der Waals surface area contributed by atoms with Crippen molar-refractivity contribution in [1.82, 2.24) is 25.3 Å². The van der Waals surface area contributed by atoms with Crippen molar-refractivity contribution < 1.29 is 14.1 Å². The lowest BCUT2D eigenvalue weighted by Crippen LogP contribution is -2.51. The van der Waals surface area contributed by atoms with Crippen LogP contribution in [0.25, 0.3) is 11.4 Å². The zero-order valence-electron chi connectivity index (χ0n) is 17.4. The Morgan fingerprint density at radius 2 is 1.90 bits per heavy atom. The van der Waals surface area contributed by atoms with Crippen LogP contribution in [0.2, 0.25) is 5.02 Å². The number of aromatic nitrogens is 2. The van der Waals surface area contributed by atoms with Gasteiger partial charge in [0, 0.05) is 55.6 Å². The Morgan fingerprint density at radius 1 is 1.20 bits per heavy atom. The van der Waals surface area contributed by atoms with Gasteiger partial charge < -0.3 is 14.7 Å². The summed E-state index contributed by atoms with van der Waals surface area (Å²) in [7, 11) is 0. The highest BCUT2D eigenvalue weighted by Crippen LogP contribution is 2.19. The number of benzene rings is 1. The molecule has 30 heavy (non-hydrogen) atoms. The average Bonchev–Trinajstić information content (AvgIpc) is 3.22. The summed E-state index contributed by atoms with van der Waals surface area (Å²) in [4.78, 5) is 32.8. The van der Waals surface area contributed by atoms with Gasteiger partial charge in [0.05, 0.1) is 6.54 Å². The molecule has 1 aromatic carbocycles. The molecule has 0 radical (unpaired) electrons. The van der Waals surface area contributed by atoms with E-state index in [9.17, 15) is 9.59 Å². The number of nitrogens with one attached hydrogen (secondary N) is 1. The Morgan fingerprint density at radius 3 is 2.57 bits per heavy atom. The van der Waals surface area contributed by atoms with Crippen LogP contribution in [0.1, 0.15) is 32.6 Å². The molecule has 162 valence electrons. The van der Waals surface area contributed by atoms with Gasteiger partial charge in [0.15, 0.2) is 0 Å². The van der Waals surface area contributed by atoms with E-state index in [0.29, 0.717) is 62.3 Å². The van der Waals surface area contributed by atoms with Gasteiger partial charge in [-0.2, -0.15) is 4.98 Å². The molecule has 0 aliphatic carbocycles. The molecule has 1 aliphatic rings. The number of hydrogen-bond donors (Lipinski definition) is 1. The first-order valence-electron chi connectivity index (χ1n) is 10.3. The zero-order valence-corrected chi connectivity index (χ0v) is 18.2. The van der Waals surface area contributed by atoms with Crippen LogP contribution in [0.5, 0.6) is 0 Å². The van der Waals surface area contributed by atoms with Crippen LogP contribution in [0, 0.1) is 0 Å². The van der Waals surface area contributed by atoms with Crippen LogP contribution < -0.4 is 5.32 Å². The number of carbonyl (C=O) groups is 2. The fraction of sp³-hybridized carbons (Fsp3) is 0.524. The average molecular weight is 434 g/mol. The maximum Gasteiger partial charge on any atom is 0.234 e. The molecule has 1 N–H and O–H groups in total. The Balaban J connectivity index is 1.41. The molecule has 1 unspecified atom stereocenters. The van der Waals surface area contributed by atoms with Gasteiger partial charge in [-0.1, -0.05) is 23.7 Å². The van der Waals surface area contributed by atoms with Gasteiger partial charge >= 0.3 is 0 Å². The maximum absolute atomic E-state index is 12.5. The van der Waals surface area contributed by atoms with E-state index in [1.165, 1.54) is 0 Å². The van der Waals surface area contributed by atoms with E-state index in [1.54, 1.807) is 12.1 Å². The normalized spacial score (nSPS) is 15.8. The molecule has 0 spiro atoms. The Hall–Kier alpha value is -2.45. The van der Waals surface area contributed by atoms with E-state index in [4.69, 9.17) is 16.1 Å². The molecule has 2 heterocycles. The van der Waals surface area contributed by atoms with Crippen molar-refractivity contribution >= 4 is 23.4 Å². The van der Waals surface area contributed by atoms with Crippen molar-refractivity contribution in [2.45, 2.75) is 39.2 Å². The molecule has 1 aromatic heterocycles. The van der Waals surface area contributed by atoms with Gasteiger partial charge in [-0.15, -0.1) is 0 Å². The zero-order chi connectivity index (χ0) is 21.5. The Labute approximate surface area is 181 Å². The van der Waals surface area contributed by atoms with E-state index < -0.39 is 0 Å². The largest absolute Gasteiger partial charge is 0.353 e. The number of amides is 2. The van der Waals surface area contributed by atoms with E-state index >= 15 is 0 Å². The molecule has 8 nitrogen and oxygen atoms in total. The maximum atomic E-state index is 12.5. The summed E-state index contributed by atoms with van der Waals surface area (Å²) in [5.41, 5.74) is 0.814. The number of piperazine rings is 1. The van der Waals surface area contributed by atoms with E-state index in [-0.39, 0.29) is 17.9 Å². The van der Waals surface area contributed by atoms with Crippen LogP contribution in [0.15, 0.2) is 28.8 Å². The van der Waals surface area contributed by atoms with E-state index in [0.717, 1.165) is 12.0 Å². The monoisotopic (exact) mass is 433 g/mol. The number of halogens is 1. The highest BCUT2D eigenvalue weighted by atomic mass is 35.5. The third-order valence-corrected chi connectivity index (χ3v) is 5.49. The Bertz CT molecular complexity index is 847. The lowest BCUT2D eigenvalue weighted by atomic mass is 10.2. The van der Waals surface area contributed by atoms with Gasteiger partial charge in [0.2, 0.25) is 23.5 Å². The molecular weight excluding hydrogens is 406 g/mol. The smallest absolute Gasteiger partial charge is 0.234 e. The number of carbonyl (C=O) groups excluding carboxylic acids is 2. The minimum atomic E-state index is 0.0389. The van der Waals surface area contributed by atoms with Gasteiger partial charge in [-0.3, -0.25) is 14.5 Å². The molecule has 0 saturated carbocycles. The standard InChI is InChI=1S/C21H28ClN5O3/c1-3-15(2)23-18(28)14-26-10-12-27(13-11-26)20(29)9-8-19-24-21(25-30-19)16-4-6-17(22)7-5-16/h4-7,15H,3,8-14H2,1-2H3,(H,23,28). The minimum Gasteiger partial charge on any atom is -0.353 e. The van der Waals surface area contributed by atoms with Crippen LogP contribution in [0.4, 0.5) is 0 Å². The summed E-state index contributed by atoms with van der Waals surface area (Å²) in [5, 5.41) is 7.59. The highest BCUT2D eigenvalue weighted by molar-refractivity contribution is 6.30. The topological polar surface area (TPSA) is 91.6 Å². The fourth-order valence-corrected chi connectivity index (χ4v) is 3.35. The first kappa shape index (κ1) is 22.2. The molecule has 2 amide bonds. The molecule has 1 aliphatic heterocycles. The SMILES string of the molecule is CCC(C)NC(=O)CN1CCN(C(=O)CCc2nc(-c3ccc(Cl)cc3)no2)CC1. The summed E-state index contributed by atoms with van der Waals surface area (Å²) >= 11 is 5.89. The molecule has 9 heteroatoms. The number of aryl methyl sites for hydroxylation is 1. The van der Waals surface area contributed by atoms with Gasteiger partial charge in [-0.05, 0) is 37.6 Å². The Kier molecular flexibility index (Phi) is 7.81. The minimum absolute atomic E-state index is 0.0389. The van der Waals surface area contributed by atoms with Crippen LogP contribution >= 0.6 is 11.6 Å². The van der Waals surface area contributed by atoms with Crippen molar-refractivity contribution in [2.24, 2.45) is 0 Å². The molecule has 2 aromatic rings. The van der Waals surface area contributed by atoms with Gasteiger partial charge in [0.25, 0.3) is 0 Å². The van der Waals surface area contributed by atoms with E-state index in [1.807, 2.05) is 30.9 Å². The predicted molar refractivity (Wildman–Crippen MR) is 114 cm³/mol. The first-order chi connectivity index (χ1) is 14.4. The number of hydrogen-bond acceptors (Lipinski definition) is 6. The summed E-state index contributed by atoms with van der Waals surface area (Å²) < 4.78 is 5.27. The molecule has 0 bridgehead atoms. The van der Waals surface area contributed by atoms with Crippen LogP contribution in [0.3, 0.4) is 0 Å². The fourth-order valence-electron chi connectivity index (χ4n) is 3.23. The number of nitrogens with zero attached hydrogens (tertiary/aromatic N) is 4. The summed E-state index contributed by atoms with van der Waals surface area (Å²) in [6.45, 7) is 7.05. The van der Waals surface area contributed by atoms with Crippen molar-refractivity contribution in [3.05, 3.63) is 35.2 Å². The molecule has 1 atom stereocenters. The summed E-state index contributed by atoms with van der Waals surface area (Å²) in [6.07, 6.45) is 1.63. The second-order valence-corrected chi connectivity index (χ2v) is 7.99. The molecule has 1 fully saturated rings. The first-order valence-corrected chi connectivity index (χ1v) is 10.7. The van der Waals surface area contributed by atoms with Crippen LogP contribution in [-0.4, -0.2) is 70.5 Å². The van der Waals surface area contributed by atoms with E-state index in [2.05, 4.69) is 20.4 Å². The van der Waals surface area contributed by atoms with Crippen molar-refractivity contribution in [2.75, 3.05) is 32.7 Å². The second kappa shape index (κ2) is 10.5. The quantitative estimate of drug-likeness (QED) is 0.687. The lowest BCUT2D eigenvalue weighted by Gasteiger charge is -2.34. The third-order valence-electron chi connectivity index (χ3n) is 5.24. The lowest BCUT2D eigenvalue weighted by molar-refractivity contribution is -0.133. The van der Waals surface area contributed by atoms with Crippen molar-refractivity contribution in [3.63, 3.8) is 0 Å². The van der Waals surface area contributed by atoms with Gasteiger partial charge in [0.1, 0.15) is 0 Å². The van der Waals surface area contributed by atoms with Crippen molar-refractivity contribution in [3.8, 4) is 11.4 Å². The molecular formula is C21H28ClN5O3. The third kappa shape index (κ3) is 6.27.